The van der Waals surface area contributed by atoms with Crippen molar-refractivity contribution in [3.63, 3.8) is 0 Å². The van der Waals surface area contributed by atoms with Crippen molar-refractivity contribution in [2.75, 3.05) is 6.61 Å². The largest absolute Gasteiger partial charge is 0.489 e. The Morgan fingerprint density at radius 3 is 2.24 bits per heavy atom. The van der Waals surface area contributed by atoms with Gasteiger partial charge in [-0.1, -0.05) is 42.5 Å². The van der Waals surface area contributed by atoms with Crippen LogP contribution in [0, 0.1) is 0 Å². The predicted octanol–water partition coefficient (Wildman–Crippen LogP) is 6.60. The van der Waals surface area contributed by atoms with Crippen molar-refractivity contribution >= 4 is 17.8 Å². The number of esters is 1. The maximum Gasteiger partial charge on any atom is 0.338 e. The van der Waals surface area contributed by atoms with Gasteiger partial charge in [0.1, 0.15) is 23.9 Å². The van der Waals surface area contributed by atoms with E-state index in [-0.39, 0.29) is 11.8 Å². The normalized spacial score (nSPS) is 10.9. The van der Waals surface area contributed by atoms with Crippen molar-refractivity contribution in [3.05, 3.63) is 120 Å². The molecule has 0 fully saturated rings. The van der Waals surface area contributed by atoms with E-state index in [9.17, 15) is 9.59 Å². The third kappa shape index (κ3) is 5.90. The lowest BCUT2D eigenvalue weighted by molar-refractivity contribution is 0.0526. The number of rotatable bonds is 9. The molecule has 0 aliphatic heterocycles. The average molecular weight is 453 g/mol. The van der Waals surface area contributed by atoms with Crippen molar-refractivity contribution in [2.24, 2.45) is 0 Å². The van der Waals surface area contributed by atoms with Crippen LogP contribution in [0.25, 0.3) is 17.4 Å². The number of benzene rings is 3. The van der Waals surface area contributed by atoms with E-state index in [1.807, 2.05) is 36.4 Å². The predicted molar refractivity (Wildman–Crippen MR) is 131 cm³/mol. The molecule has 5 nitrogen and oxygen atoms in total. The van der Waals surface area contributed by atoms with E-state index in [4.69, 9.17) is 13.9 Å². The first-order chi connectivity index (χ1) is 16.6. The molecule has 34 heavy (non-hydrogen) atoms. The molecule has 3 aromatic carbocycles. The van der Waals surface area contributed by atoms with E-state index in [2.05, 4.69) is 0 Å². The zero-order chi connectivity index (χ0) is 23.8. The molecule has 0 saturated carbocycles. The van der Waals surface area contributed by atoms with Gasteiger partial charge in [0.25, 0.3) is 0 Å². The summed E-state index contributed by atoms with van der Waals surface area (Å²) in [6, 6.07) is 27.6. The van der Waals surface area contributed by atoms with Crippen LogP contribution in [0.2, 0.25) is 0 Å². The van der Waals surface area contributed by atoms with Gasteiger partial charge in [0.05, 0.1) is 12.2 Å². The molecule has 1 heterocycles. The topological polar surface area (TPSA) is 65.7 Å². The van der Waals surface area contributed by atoms with Crippen molar-refractivity contribution in [2.45, 2.75) is 13.5 Å². The summed E-state index contributed by atoms with van der Waals surface area (Å²) >= 11 is 0. The van der Waals surface area contributed by atoms with Crippen LogP contribution in [-0.2, 0) is 11.3 Å². The molecule has 0 N–H and O–H groups in total. The summed E-state index contributed by atoms with van der Waals surface area (Å²) in [5, 5.41) is 0. The van der Waals surface area contributed by atoms with Crippen molar-refractivity contribution < 1.29 is 23.5 Å². The summed E-state index contributed by atoms with van der Waals surface area (Å²) in [6.45, 7) is 2.57. The monoisotopic (exact) mass is 452 g/mol. The molecule has 0 aliphatic carbocycles. The number of allylic oxidation sites excluding steroid dienone is 1. The summed E-state index contributed by atoms with van der Waals surface area (Å²) in [5.41, 5.74) is 2.95. The smallest absolute Gasteiger partial charge is 0.338 e. The number of carbonyl (C=O) groups excluding carboxylic acids is 2. The van der Waals surface area contributed by atoms with Crippen LogP contribution in [0.5, 0.6) is 5.75 Å². The quantitative estimate of drug-likeness (QED) is 0.163. The number of hydrogen-bond acceptors (Lipinski definition) is 5. The standard InChI is InChI=1S/C29H24O5/c1-2-32-29(31)24-10-8-23(9-11-24)28-19-17-26(34-28)16-18-27(30)22-12-14-25(15-13-22)33-20-21-6-4-3-5-7-21/h3-19H,2,20H2,1H3/b18-16+. The second kappa shape index (κ2) is 11.0. The molecule has 1 aromatic heterocycles. The van der Waals surface area contributed by atoms with Crippen LogP contribution >= 0.6 is 0 Å². The van der Waals surface area contributed by atoms with Gasteiger partial charge in [0.15, 0.2) is 5.78 Å². The Labute approximate surface area is 198 Å². The Morgan fingerprint density at radius 1 is 0.824 bits per heavy atom. The molecule has 0 bridgehead atoms. The zero-order valence-electron chi connectivity index (χ0n) is 18.8. The maximum atomic E-state index is 12.5. The lowest BCUT2D eigenvalue weighted by atomic mass is 10.1. The van der Waals surface area contributed by atoms with Crippen LogP contribution < -0.4 is 4.74 Å². The van der Waals surface area contributed by atoms with Crippen molar-refractivity contribution in [3.8, 4) is 17.1 Å². The molecule has 0 amide bonds. The van der Waals surface area contributed by atoms with Gasteiger partial charge in [-0.05, 0) is 73.2 Å². The Bertz CT molecular complexity index is 1270. The van der Waals surface area contributed by atoms with Crippen LogP contribution in [-0.4, -0.2) is 18.4 Å². The number of furan rings is 1. The molecule has 5 heteroatoms. The fraction of sp³-hybridized carbons (Fsp3) is 0.103. The molecule has 0 saturated heterocycles. The molecule has 4 aromatic rings. The Hall–Kier alpha value is -4.38. The van der Waals surface area contributed by atoms with Gasteiger partial charge in [-0.25, -0.2) is 4.79 Å². The van der Waals surface area contributed by atoms with Gasteiger partial charge >= 0.3 is 5.97 Å². The highest BCUT2D eigenvalue weighted by Crippen LogP contribution is 2.24. The van der Waals surface area contributed by atoms with Crippen LogP contribution in [0.4, 0.5) is 0 Å². The molecular formula is C29H24O5. The van der Waals surface area contributed by atoms with Gasteiger partial charge in [-0.3, -0.25) is 4.79 Å². The summed E-state index contributed by atoms with van der Waals surface area (Å²) in [7, 11) is 0. The number of hydrogen-bond donors (Lipinski definition) is 0. The lowest BCUT2D eigenvalue weighted by Gasteiger charge is -2.06. The minimum absolute atomic E-state index is 0.133. The summed E-state index contributed by atoms with van der Waals surface area (Å²) in [6.07, 6.45) is 3.12. The van der Waals surface area contributed by atoms with E-state index in [1.54, 1.807) is 67.6 Å². The minimum Gasteiger partial charge on any atom is -0.489 e. The van der Waals surface area contributed by atoms with Gasteiger partial charge in [0, 0.05) is 11.1 Å². The number of carbonyl (C=O) groups is 2. The summed E-state index contributed by atoms with van der Waals surface area (Å²) in [4.78, 5) is 24.3. The van der Waals surface area contributed by atoms with Crippen LogP contribution in [0.3, 0.4) is 0 Å². The first-order valence-electron chi connectivity index (χ1n) is 11.0. The molecule has 0 aliphatic rings. The lowest BCUT2D eigenvalue weighted by Crippen LogP contribution is -2.03. The highest BCUT2D eigenvalue weighted by Gasteiger charge is 2.09. The first kappa shape index (κ1) is 22.8. The third-order valence-corrected chi connectivity index (χ3v) is 5.09. The summed E-state index contributed by atoms with van der Waals surface area (Å²) in [5.74, 6) is 1.41. The molecule has 0 radical (unpaired) electrons. The van der Waals surface area contributed by atoms with Gasteiger partial charge < -0.3 is 13.9 Å². The Kier molecular flexibility index (Phi) is 7.35. The van der Waals surface area contributed by atoms with E-state index >= 15 is 0 Å². The van der Waals surface area contributed by atoms with Gasteiger partial charge in [0.2, 0.25) is 0 Å². The van der Waals surface area contributed by atoms with Crippen molar-refractivity contribution in [1.29, 1.82) is 0 Å². The second-order valence-corrected chi connectivity index (χ2v) is 7.50. The third-order valence-electron chi connectivity index (χ3n) is 5.09. The molecule has 0 atom stereocenters. The fourth-order valence-corrected chi connectivity index (χ4v) is 3.29. The Balaban J connectivity index is 1.35. The van der Waals surface area contributed by atoms with E-state index < -0.39 is 0 Å². The SMILES string of the molecule is CCOC(=O)c1ccc(-c2ccc(/C=C/C(=O)c3ccc(OCc4ccccc4)cc3)o2)cc1. The van der Waals surface area contributed by atoms with Crippen molar-refractivity contribution in [1.82, 2.24) is 0 Å². The van der Waals surface area contributed by atoms with Crippen LogP contribution in [0.15, 0.2) is 101 Å². The van der Waals surface area contributed by atoms with Crippen LogP contribution in [0.1, 0.15) is 39.0 Å². The molecule has 4 rings (SSSR count). The number of ether oxygens (including phenoxy) is 2. The molecule has 170 valence electrons. The molecule has 0 unspecified atom stereocenters. The fourth-order valence-electron chi connectivity index (χ4n) is 3.29. The van der Waals surface area contributed by atoms with Gasteiger partial charge in [-0.15, -0.1) is 0 Å². The first-order valence-corrected chi connectivity index (χ1v) is 11.0. The highest BCUT2D eigenvalue weighted by molar-refractivity contribution is 6.06. The van der Waals surface area contributed by atoms with E-state index in [0.717, 1.165) is 11.1 Å². The van der Waals surface area contributed by atoms with E-state index in [1.165, 1.54) is 6.08 Å². The second-order valence-electron chi connectivity index (χ2n) is 7.50. The van der Waals surface area contributed by atoms with E-state index in [0.29, 0.717) is 41.6 Å². The average Bonchev–Trinajstić information content (AvgIpc) is 3.36. The maximum absolute atomic E-state index is 12.5. The van der Waals surface area contributed by atoms with Gasteiger partial charge in [-0.2, -0.15) is 0 Å². The Morgan fingerprint density at radius 2 is 1.53 bits per heavy atom. The highest BCUT2D eigenvalue weighted by atomic mass is 16.5. The zero-order valence-corrected chi connectivity index (χ0v) is 18.8. The summed E-state index contributed by atoms with van der Waals surface area (Å²) < 4.78 is 16.6. The number of ketones is 1. The molecular weight excluding hydrogens is 428 g/mol. The molecule has 0 spiro atoms. The minimum atomic E-state index is -0.355.